The van der Waals surface area contributed by atoms with Crippen LogP contribution in [-0.2, 0) is 4.74 Å². The number of aryl methyl sites for hydroxylation is 1. The van der Waals surface area contributed by atoms with Gasteiger partial charge in [0, 0.05) is 18.9 Å². The Morgan fingerprint density at radius 1 is 1.57 bits per heavy atom. The van der Waals surface area contributed by atoms with E-state index in [4.69, 9.17) is 10.5 Å². The molecule has 0 fully saturated rings. The van der Waals surface area contributed by atoms with Gasteiger partial charge in [-0.15, -0.1) is 10.2 Å². The van der Waals surface area contributed by atoms with Gasteiger partial charge >= 0.3 is 0 Å². The van der Waals surface area contributed by atoms with Gasteiger partial charge in [-0.25, -0.2) is 0 Å². The van der Waals surface area contributed by atoms with Crippen molar-refractivity contribution in [3.05, 3.63) is 5.01 Å². The molecule has 80 valence electrons. The zero-order valence-corrected chi connectivity index (χ0v) is 10.0. The smallest absolute Gasteiger partial charge is 0.174 e. The number of nitrogens with two attached hydrogens (primary N) is 1. The quantitative estimate of drug-likeness (QED) is 0.750. The van der Waals surface area contributed by atoms with Gasteiger partial charge in [-0.1, -0.05) is 23.1 Å². The van der Waals surface area contributed by atoms with E-state index < -0.39 is 0 Å². The van der Waals surface area contributed by atoms with Crippen LogP contribution < -0.4 is 5.73 Å². The summed E-state index contributed by atoms with van der Waals surface area (Å²) in [5.41, 5.74) is 5.56. The highest BCUT2D eigenvalue weighted by atomic mass is 32.2. The average Bonchev–Trinajstić information content (AvgIpc) is 2.59. The van der Waals surface area contributed by atoms with Crippen LogP contribution in [0.25, 0.3) is 0 Å². The van der Waals surface area contributed by atoms with Crippen molar-refractivity contribution in [3.63, 3.8) is 0 Å². The Morgan fingerprint density at radius 2 is 2.36 bits per heavy atom. The molecule has 14 heavy (non-hydrogen) atoms. The van der Waals surface area contributed by atoms with Crippen LogP contribution in [0, 0.1) is 6.92 Å². The van der Waals surface area contributed by atoms with Crippen molar-refractivity contribution in [3.8, 4) is 0 Å². The van der Waals surface area contributed by atoms with Crippen LogP contribution in [0.2, 0.25) is 0 Å². The number of thioether (sulfide) groups is 1. The van der Waals surface area contributed by atoms with E-state index in [2.05, 4.69) is 10.2 Å². The summed E-state index contributed by atoms with van der Waals surface area (Å²) in [5.74, 6) is 0.846. The van der Waals surface area contributed by atoms with Gasteiger partial charge in [0.1, 0.15) is 5.01 Å². The van der Waals surface area contributed by atoms with E-state index in [1.54, 1.807) is 23.1 Å². The first-order valence-electron chi connectivity index (χ1n) is 4.50. The summed E-state index contributed by atoms with van der Waals surface area (Å²) >= 11 is 3.26. The van der Waals surface area contributed by atoms with Gasteiger partial charge in [0.2, 0.25) is 0 Å². The monoisotopic (exact) mass is 233 g/mol. The van der Waals surface area contributed by atoms with Crippen molar-refractivity contribution in [2.75, 3.05) is 18.9 Å². The molecule has 0 saturated heterocycles. The summed E-state index contributed by atoms with van der Waals surface area (Å²) in [4.78, 5) is 0. The fourth-order valence-corrected chi connectivity index (χ4v) is 2.80. The Hall–Kier alpha value is -0.170. The predicted molar refractivity (Wildman–Crippen MR) is 59.8 cm³/mol. The zero-order valence-electron chi connectivity index (χ0n) is 8.40. The average molecular weight is 233 g/mol. The maximum Gasteiger partial charge on any atom is 0.174 e. The maximum absolute atomic E-state index is 5.56. The predicted octanol–water partition coefficient (Wildman–Crippen LogP) is 1.30. The first-order valence-corrected chi connectivity index (χ1v) is 6.31. The van der Waals surface area contributed by atoms with Crippen LogP contribution in [0.15, 0.2) is 4.34 Å². The van der Waals surface area contributed by atoms with E-state index >= 15 is 0 Å². The lowest BCUT2D eigenvalue weighted by Crippen LogP contribution is -2.26. The minimum atomic E-state index is 0.120. The molecule has 0 amide bonds. The Morgan fingerprint density at radius 3 is 2.86 bits per heavy atom. The molecule has 6 heteroatoms. The Kier molecular flexibility index (Phi) is 5.39. The van der Waals surface area contributed by atoms with Gasteiger partial charge in [0.05, 0.1) is 6.10 Å². The first-order chi connectivity index (χ1) is 6.76. The molecule has 0 aliphatic carbocycles. The second kappa shape index (κ2) is 6.34. The largest absolute Gasteiger partial charge is 0.376 e. The third kappa shape index (κ3) is 3.91. The summed E-state index contributed by atoms with van der Waals surface area (Å²) in [6.07, 6.45) is 0.120. The highest BCUT2D eigenvalue weighted by Gasteiger charge is 2.08. The van der Waals surface area contributed by atoms with E-state index in [1.807, 2.05) is 13.8 Å². The first kappa shape index (κ1) is 11.9. The van der Waals surface area contributed by atoms with Crippen LogP contribution in [0.1, 0.15) is 11.9 Å². The molecule has 2 N–H and O–H groups in total. The fourth-order valence-electron chi connectivity index (χ4n) is 0.921. The fraction of sp³-hybridized carbons (Fsp3) is 0.750. The van der Waals surface area contributed by atoms with Crippen molar-refractivity contribution in [1.29, 1.82) is 0 Å². The molecule has 0 bridgehead atoms. The molecule has 1 atom stereocenters. The van der Waals surface area contributed by atoms with Gasteiger partial charge in [-0.3, -0.25) is 0 Å². The lowest BCUT2D eigenvalue weighted by Gasteiger charge is -2.12. The number of hydrogen-bond donors (Lipinski definition) is 1. The molecule has 0 spiro atoms. The normalized spacial score (nSPS) is 13.1. The molecule has 0 radical (unpaired) electrons. The minimum Gasteiger partial charge on any atom is -0.376 e. The van der Waals surface area contributed by atoms with Crippen molar-refractivity contribution in [2.24, 2.45) is 5.73 Å². The summed E-state index contributed by atoms with van der Waals surface area (Å²) < 4.78 is 6.42. The zero-order chi connectivity index (χ0) is 10.4. The van der Waals surface area contributed by atoms with Gasteiger partial charge < -0.3 is 10.5 Å². The molecule has 1 rings (SSSR count). The Labute approximate surface area is 92.2 Å². The summed E-state index contributed by atoms with van der Waals surface area (Å²) in [6, 6.07) is 0. The Balaban J connectivity index is 2.31. The van der Waals surface area contributed by atoms with Crippen molar-refractivity contribution in [2.45, 2.75) is 24.3 Å². The van der Waals surface area contributed by atoms with E-state index in [0.29, 0.717) is 13.2 Å². The summed E-state index contributed by atoms with van der Waals surface area (Å²) in [6.45, 7) is 5.18. The summed E-state index contributed by atoms with van der Waals surface area (Å²) in [5, 5.41) is 8.95. The number of aromatic nitrogens is 2. The van der Waals surface area contributed by atoms with Crippen LogP contribution in [0.4, 0.5) is 0 Å². The van der Waals surface area contributed by atoms with Crippen molar-refractivity contribution < 1.29 is 4.74 Å². The third-order valence-corrected chi connectivity index (χ3v) is 3.67. The molecule has 0 saturated carbocycles. The maximum atomic E-state index is 5.56. The van der Waals surface area contributed by atoms with Crippen LogP contribution in [0.3, 0.4) is 0 Å². The summed E-state index contributed by atoms with van der Waals surface area (Å²) in [7, 11) is 0. The molecule has 0 aliphatic heterocycles. The molecule has 1 unspecified atom stereocenters. The molecule has 0 aliphatic rings. The molecule has 1 aromatic heterocycles. The van der Waals surface area contributed by atoms with Crippen LogP contribution in [0.5, 0.6) is 0 Å². The van der Waals surface area contributed by atoms with Crippen LogP contribution in [-0.4, -0.2) is 35.2 Å². The van der Waals surface area contributed by atoms with E-state index in [9.17, 15) is 0 Å². The minimum absolute atomic E-state index is 0.120. The Bertz CT molecular complexity index is 267. The second-order valence-corrected chi connectivity index (χ2v) is 5.16. The van der Waals surface area contributed by atoms with Gasteiger partial charge in [-0.05, 0) is 13.8 Å². The van der Waals surface area contributed by atoms with E-state index in [-0.39, 0.29) is 6.10 Å². The number of hydrogen-bond acceptors (Lipinski definition) is 6. The van der Waals surface area contributed by atoms with Gasteiger partial charge in [0.25, 0.3) is 0 Å². The molecular formula is C8H15N3OS2. The number of nitrogens with zero attached hydrogens (tertiary/aromatic N) is 2. The number of rotatable bonds is 6. The molecular weight excluding hydrogens is 218 g/mol. The van der Waals surface area contributed by atoms with Crippen molar-refractivity contribution >= 4 is 23.1 Å². The molecule has 4 nitrogen and oxygen atoms in total. The van der Waals surface area contributed by atoms with E-state index in [1.165, 1.54) is 0 Å². The molecule has 1 heterocycles. The van der Waals surface area contributed by atoms with Gasteiger partial charge in [0.15, 0.2) is 4.34 Å². The third-order valence-electron chi connectivity index (χ3n) is 1.57. The van der Waals surface area contributed by atoms with E-state index in [0.717, 1.165) is 15.1 Å². The highest BCUT2D eigenvalue weighted by Crippen LogP contribution is 2.22. The topological polar surface area (TPSA) is 61.0 Å². The molecule has 0 aromatic carbocycles. The SMILES string of the molecule is CCOC(CN)CSc1nnc(C)s1. The van der Waals surface area contributed by atoms with Crippen LogP contribution >= 0.6 is 23.1 Å². The lowest BCUT2D eigenvalue weighted by molar-refractivity contribution is 0.0858. The lowest BCUT2D eigenvalue weighted by atomic mass is 10.4. The number of ether oxygens (including phenoxy) is 1. The van der Waals surface area contributed by atoms with Gasteiger partial charge in [-0.2, -0.15) is 0 Å². The van der Waals surface area contributed by atoms with Crippen molar-refractivity contribution in [1.82, 2.24) is 10.2 Å². The second-order valence-electron chi connectivity index (χ2n) is 2.71. The standard InChI is InChI=1S/C8H15N3OS2/c1-3-12-7(4-9)5-13-8-11-10-6(2)14-8/h7H,3-5,9H2,1-2H3. The highest BCUT2D eigenvalue weighted by molar-refractivity contribution is 8.01. The molecule has 1 aromatic rings.